The molecule has 0 unspecified atom stereocenters. The number of piperidine rings is 1. The third-order valence-electron chi connectivity index (χ3n) is 3.42. The molecular formula is C15H16N4O2S. The summed E-state index contributed by atoms with van der Waals surface area (Å²) in [7, 11) is 0. The minimum atomic E-state index is -0.274. The van der Waals surface area contributed by atoms with Crippen LogP contribution < -0.4 is 16.0 Å². The largest absolute Gasteiger partial charge is 0.354 e. The molecule has 1 aliphatic rings. The summed E-state index contributed by atoms with van der Waals surface area (Å²) >= 11 is 1.24. The molecule has 6 nitrogen and oxygen atoms in total. The average Bonchev–Trinajstić information content (AvgIpc) is 2.99. The number of nitrogens with one attached hydrogen (secondary N) is 3. The Morgan fingerprint density at radius 1 is 1.32 bits per heavy atom. The number of hydrogen-bond donors (Lipinski definition) is 3. The molecule has 2 aromatic rings. The van der Waals surface area contributed by atoms with Crippen molar-refractivity contribution in [3.63, 3.8) is 0 Å². The first kappa shape index (κ1) is 14.5. The van der Waals surface area contributed by atoms with E-state index >= 15 is 0 Å². The van der Waals surface area contributed by atoms with Crippen molar-refractivity contribution < 1.29 is 9.59 Å². The smallest absolute Gasteiger partial charge is 0.320 e. The van der Waals surface area contributed by atoms with Crippen molar-refractivity contribution in [2.75, 3.05) is 11.9 Å². The number of hydrogen-bond acceptors (Lipinski definition) is 4. The van der Waals surface area contributed by atoms with Gasteiger partial charge in [0.1, 0.15) is 5.00 Å². The van der Waals surface area contributed by atoms with Crippen molar-refractivity contribution in [1.29, 1.82) is 0 Å². The maximum Gasteiger partial charge on any atom is 0.320 e. The quantitative estimate of drug-likeness (QED) is 0.812. The average molecular weight is 316 g/mol. The molecule has 0 spiro atoms. The van der Waals surface area contributed by atoms with Crippen LogP contribution in [0.4, 0.5) is 9.80 Å². The molecule has 3 N–H and O–H groups in total. The summed E-state index contributed by atoms with van der Waals surface area (Å²) < 4.78 is 4.34. The van der Waals surface area contributed by atoms with Crippen molar-refractivity contribution in [3.8, 4) is 11.3 Å². The fourth-order valence-electron chi connectivity index (χ4n) is 2.27. The molecule has 0 bridgehead atoms. The highest BCUT2D eigenvalue weighted by Crippen LogP contribution is 2.25. The van der Waals surface area contributed by atoms with Crippen LogP contribution in [0.25, 0.3) is 11.3 Å². The Bertz CT molecular complexity index is 661. The molecule has 3 amide bonds. The van der Waals surface area contributed by atoms with E-state index in [-0.39, 0.29) is 18.0 Å². The Morgan fingerprint density at radius 2 is 2.14 bits per heavy atom. The maximum atomic E-state index is 12.0. The van der Waals surface area contributed by atoms with Crippen molar-refractivity contribution >= 4 is 28.5 Å². The molecule has 2 heterocycles. The number of amides is 3. The van der Waals surface area contributed by atoms with Crippen LogP contribution in [-0.2, 0) is 4.79 Å². The van der Waals surface area contributed by atoms with Gasteiger partial charge in [-0.25, -0.2) is 4.79 Å². The van der Waals surface area contributed by atoms with Gasteiger partial charge in [-0.05, 0) is 18.0 Å². The van der Waals surface area contributed by atoms with Gasteiger partial charge < -0.3 is 10.6 Å². The van der Waals surface area contributed by atoms with E-state index in [4.69, 9.17) is 0 Å². The molecule has 0 radical (unpaired) electrons. The molecule has 1 aromatic heterocycles. The third kappa shape index (κ3) is 3.62. The van der Waals surface area contributed by atoms with Crippen molar-refractivity contribution in [2.24, 2.45) is 0 Å². The number of aromatic nitrogens is 1. The van der Waals surface area contributed by atoms with Crippen LogP contribution in [-0.4, -0.2) is 28.9 Å². The summed E-state index contributed by atoms with van der Waals surface area (Å²) in [4.78, 5) is 23.0. The van der Waals surface area contributed by atoms with Gasteiger partial charge in [0.25, 0.3) is 0 Å². The first-order chi connectivity index (χ1) is 10.7. The van der Waals surface area contributed by atoms with E-state index in [1.165, 1.54) is 11.5 Å². The number of carbonyl (C=O) groups excluding carboxylic acids is 2. The Morgan fingerprint density at radius 3 is 2.86 bits per heavy atom. The maximum absolute atomic E-state index is 12.0. The SMILES string of the molecule is O=C1CC[C@H](NC(=O)Nc2cc(-c3ccccc3)ns2)CN1. The van der Waals surface area contributed by atoms with Crippen LogP contribution in [0.5, 0.6) is 0 Å². The van der Waals surface area contributed by atoms with E-state index in [1.807, 2.05) is 36.4 Å². The number of rotatable bonds is 3. The Balaban J connectivity index is 1.56. The predicted octanol–water partition coefficient (Wildman–Crippen LogP) is 2.21. The van der Waals surface area contributed by atoms with E-state index in [0.29, 0.717) is 24.4 Å². The summed E-state index contributed by atoms with van der Waals surface area (Å²) in [5.74, 6) is 0.0356. The van der Waals surface area contributed by atoms with E-state index in [9.17, 15) is 9.59 Å². The molecule has 1 saturated heterocycles. The first-order valence-electron chi connectivity index (χ1n) is 7.07. The van der Waals surface area contributed by atoms with Crippen LogP contribution in [0.2, 0.25) is 0 Å². The fraction of sp³-hybridized carbons (Fsp3) is 0.267. The van der Waals surface area contributed by atoms with Crippen LogP contribution in [0.3, 0.4) is 0 Å². The second kappa shape index (κ2) is 6.57. The number of urea groups is 1. The minimum absolute atomic E-state index is 0.0285. The van der Waals surface area contributed by atoms with Gasteiger partial charge in [0, 0.05) is 30.6 Å². The highest BCUT2D eigenvalue weighted by molar-refractivity contribution is 7.10. The second-order valence-electron chi connectivity index (χ2n) is 5.08. The zero-order valence-electron chi connectivity index (χ0n) is 11.8. The summed E-state index contributed by atoms with van der Waals surface area (Å²) in [5, 5.41) is 9.06. The van der Waals surface area contributed by atoms with E-state index in [1.54, 1.807) is 0 Å². The molecule has 114 valence electrons. The lowest BCUT2D eigenvalue weighted by molar-refractivity contribution is -0.122. The van der Waals surface area contributed by atoms with Gasteiger partial charge in [-0.3, -0.25) is 10.1 Å². The Kier molecular flexibility index (Phi) is 4.34. The van der Waals surface area contributed by atoms with Gasteiger partial charge in [0.2, 0.25) is 5.91 Å². The van der Waals surface area contributed by atoms with E-state index in [0.717, 1.165) is 11.3 Å². The topological polar surface area (TPSA) is 83.1 Å². The summed E-state index contributed by atoms with van der Waals surface area (Å²) in [6, 6.07) is 11.3. The molecule has 1 aromatic carbocycles. The summed E-state index contributed by atoms with van der Waals surface area (Å²) in [6.45, 7) is 0.476. The van der Waals surface area contributed by atoms with Crippen LogP contribution in [0, 0.1) is 0 Å². The molecule has 0 aliphatic carbocycles. The van der Waals surface area contributed by atoms with Gasteiger partial charge in [-0.1, -0.05) is 30.3 Å². The Labute approximate surface area is 132 Å². The number of anilines is 1. The van der Waals surface area contributed by atoms with Crippen molar-refractivity contribution in [3.05, 3.63) is 36.4 Å². The molecule has 0 saturated carbocycles. The molecule has 1 fully saturated rings. The van der Waals surface area contributed by atoms with E-state index < -0.39 is 0 Å². The number of benzene rings is 1. The lowest BCUT2D eigenvalue weighted by Crippen LogP contribution is -2.48. The first-order valence-corrected chi connectivity index (χ1v) is 7.84. The van der Waals surface area contributed by atoms with Gasteiger partial charge in [0.15, 0.2) is 0 Å². The van der Waals surface area contributed by atoms with Crippen LogP contribution in [0.1, 0.15) is 12.8 Å². The normalized spacial score (nSPS) is 17.6. The molecule has 7 heteroatoms. The fourth-order valence-corrected chi connectivity index (χ4v) is 2.93. The number of nitrogens with zero attached hydrogens (tertiary/aromatic N) is 1. The standard InChI is InChI=1S/C15H16N4O2S/c20-13-7-6-11(9-16-13)17-15(21)18-14-8-12(19-22-14)10-4-2-1-3-5-10/h1-5,8,11H,6-7,9H2,(H,16,20)(H2,17,18,21)/t11-/m0/s1. The summed E-state index contributed by atoms with van der Waals surface area (Å²) in [6.07, 6.45) is 1.11. The molecular weight excluding hydrogens is 300 g/mol. The van der Waals surface area contributed by atoms with Gasteiger partial charge in [0.05, 0.1) is 5.69 Å². The van der Waals surface area contributed by atoms with Crippen LogP contribution in [0.15, 0.2) is 36.4 Å². The zero-order valence-corrected chi connectivity index (χ0v) is 12.7. The lowest BCUT2D eigenvalue weighted by atomic mass is 10.1. The molecule has 3 rings (SSSR count). The van der Waals surface area contributed by atoms with Gasteiger partial charge in [-0.15, -0.1) is 0 Å². The zero-order chi connectivity index (χ0) is 15.4. The van der Waals surface area contributed by atoms with Crippen molar-refractivity contribution in [1.82, 2.24) is 15.0 Å². The van der Waals surface area contributed by atoms with Crippen molar-refractivity contribution in [2.45, 2.75) is 18.9 Å². The monoisotopic (exact) mass is 316 g/mol. The van der Waals surface area contributed by atoms with Gasteiger partial charge >= 0.3 is 6.03 Å². The van der Waals surface area contributed by atoms with Crippen LogP contribution >= 0.6 is 11.5 Å². The molecule has 22 heavy (non-hydrogen) atoms. The van der Waals surface area contributed by atoms with Gasteiger partial charge in [-0.2, -0.15) is 4.37 Å². The molecule has 1 atom stereocenters. The third-order valence-corrected chi connectivity index (χ3v) is 4.12. The lowest BCUT2D eigenvalue weighted by Gasteiger charge is -2.23. The highest BCUT2D eigenvalue weighted by atomic mass is 32.1. The Hall–Kier alpha value is -2.41. The molecule has 1 aliphatic heterocycles. The summed E-state index contributed by atoms with van der Waals surface area (Å²) in [5.41, 5.74) is 1.85. The number of carbonyl (C=O) groups is 2. The highest BCUT2D eigenvalue weighted by Gasteiger charge is 2.19. The van der Waals surface area contributed by atoms with E-state index in [2.05, 4.69) is 20.3 Å². The second-order valence-corrected chi connectivity index (χ2v) is 5.89. The minimum Gasteiger partial charge on any atom is -0.354 e. The predicted molar refractivity (Wildman–Crippen MR) is 85.7 cm³/mol.